The maximum Gasteiger partial charge on any atom is 0.410 e. The minimum Gasteiger partial charge on any atom is -0.475 e. The van der Waals surface area contributed by atoms with Gasteiger partial charge in [0.05, 0.1) is 206 Å². The van der Waals surface area contributed by atoms with Crippen molar-refractivity contribution < 1.29 is 158 Å². The van der Waals surface area contributed by atoms with E-state index in [4.69, 9.17) is 86.3 Å². The fraction of sp³-hybridized carbons (Fsp3) is 0.705. The molecule has 0 unspecified atom stereocenters. The second-order valence-corrected chi connectivity index (χ2v) is 34.2. The number of nitrogens with two attached hydrogens (primary N) is 1. The molecule has 1 fully saturated rings. The SMILES string of the molecule is CC[C@H](C)[C@@H]([C@@H](CC(=O)N1CCC[C@H]1[C@H](OC)[C@@H](C)C(=O)N[C@H](C)[C@@H](O)c1ccccc1)OC)N(C)C(=O)[C@@H](NC(=O)[C@H](C(C)C)N(C)C(=O)OCc1ccc(O[C@@H]2OC(C(=O)O)=C[C@H](O)[C@H]2O)c(NC(=O)CCNC(=O)[C@H](CCCCNC(=O)CCOCCOCCOCCOCCOCCOCCOCCOCCOCCOCCOCCOC)NC(=O)[C@H](CN)N2C(=O)C=CC2=O)c1)C(C)C. The Hall–Kier alpha value is -9.56. The Morgan fingerprint density at radius 2 is 1.14 bits per heavy atom. The molecule has 12 N–H and O–H groups in total. The van der Waals surface area contributed by atoms with E-state index < -0.39 is 182 Å². The quantitative estimate of drug-likeness (QED) is 0.0331. The third-order valence-electron chi connectivity index (χ3n) is 23.2. The molecular weight excluding hydrogens is 1820 g/mol. The molecule has 139 heavy (non-hydrogen) atoms. The molecule has 3 aliphatic heterocycles. The van der Waals surface area contributed by atoms with E-state index in [1.54, 1.807) is 84.9 Å². The van der Waals surface area contributed by atoms with Crippen LogP contribution in [0, 0.1) is 23.7 Å². The van der Waals surface area contributed by atoms with Crippen molar-refractivity contribution in [3.8, 4) is 5.75 Å². The van der Waals surface area contributed by atoms with E-state index in [1.165, 1.54) is 44.4 Å². The van der Waals surface area contributed by atoms with E-state index in [-0.39, 0.29) is 92.7 Å². The molecule has 2 aromatic rings. The molecular formula is C95H153N11O33. The third-order valence-corrected chi connectivity index (χ3v) is 23.2. The first-order chi connectivity index (χ1) is 66.7. The Morgan fingerprint density at radius 1 is 0.597 bits per heavy atom. The number of amides is 11. The molecule has 0 bridgehead atoms. The number of aliphatic hydroxyl groups excluding tert-OH is 3. The highest BCUT2D eigenvalue weighted by molar-refractivity contribution is 6.15. The summed E-state index contributed by atoms with van der Waals surface area (Å²) in [6, 6.07) is 5.75. The molecule has 44 nitrogen and oxygen atoms in total. The van der Waals surface area contributed by atoms with E-state index in [9.17, 15) is 73.2 Å². The van der Waals surface area contributed by atoms with Crippen molar-refractivity contribution in [1.82, 2.24) is 46.2 Å². The summed E-state index contributed by atoms with van der Waals surface area (Å²) in [5.41, 5.74) is 6.54. The number of benzene rings is 2. The number of carbonyl (C=O) groups is 12. The number of aliphatic carboxylic acids is 1. The van der Waals surface area contributed by atoms with E-state index in [1.807, 2.05) is 19.9 Å². The molecule has 44 heteroatoms. The number of ether oxygens (including phenoxy) is 17. The van der Waals surface area contributed by atoms with Gasteiger partial charge in [-0.3, -0.25) is 57.7 Å². The fourth-order valence-corrected chi connectivity index (χ4v) is 15.4. The fourth-order valence-electron chi connectivity index (χ4n) is 15.4. The van der Waals surface area contributed by atoms with Gasteiger partial charge in [0.2, 0.25) is 53.0 Å². The number of unbranched alkanes of at least 4 members (excludes halogenated alkanes) is 1. The van der Waals surface area contributed by atoms with E-state index >= 15 is 4.79 Å². The maximum atomic E-state index is 15.0. The molecule has 786 valence electrons. The maximum absolute atomic E-state index is 15.0. The number of likely N-dealkylation sites (tertiary alicyclic amines) is 1. The summed E-state index contributed by atoms with van der Waals surface area (Å²) < 4.78 is 94.5. The monoisotopic (exact) mass is 1980 g/mol. The molecule has 1 saturated heterocycles. The number of hydrogen-bond donors (Lipinski definition) is 11. The lowest BCUT2D eigenvalue weighted by Crippen LogP contribution is -2.60. The number of carboxylic acids is 1. The van der Waals surface area contributed by atoms with Crippen LogP contribution >= 0.6 is 0 Å². The van der Waals surface area contributed by atoms with Crippen LogP contribution in [0.15, 0.2) is 72.5 Å². The Kier molecular flexibility index (Phi) is 58.5. The first-order valence-electron chi connectivity index (χ1n) is 47.6. The minimum absolute atomic E-state index is 0.0237. The second-order valence-electron chi connectivity index (χ2n) is 34.2. The van der Waals surface area contributed by atoms with Crippen LogP contribution in [0.4, 0.5) is 10.5 Å². The van der Waals surface area contributed by atoms with E-state index in [2.05, 4.69) is 31.9 Å². The Bertz CT molecular complexity index is 4050. The standard InChI is InChI=1S/C95H153N11O33/c1-14-64(6)84(75(124-12)59-81(112)105-33-20-24-71(105)87(125-13)65(7)88(115)99-66(8)85(113)68-21-16-15-17-22-68)103(9)92(119)82(62(2)3)102-91(118)83(63(4)5)104(10)95(122)137-61-67-25-26-74(138-94-86(114)73(107)58-76(139-94)93(120)121)70(57-67)100-78(109)29-32-98-89(116)69(101-90(117)72(60-96)106-79(110)27-28-80(106)111)23-18-19-31-97-77(108)30-34-126-37-38-128-41-42-130-45-46-132-49-50-134-53-54-136-56-55-135-52-51-133-48-47-131-44-43-129-40-39-127-36-35-123-11/h15-17,21-22,25-28,57-58,62-66,69,71-73,75,82-87,94,107,113-114H,14,18-20,23-24,29-56,59-61,96H2,1-13H3,(H,97,108)(H,98,116)(H,99,115)(H,100,109)(H,101,117)(H,102,118)(H,120,121)/t64-,65+,66+,69-,71-,72-,73-,75+,82-,83-,84-,85+,86+,87+,94+/m0/s1. The molecule has 2 aromatic carbocycles. The van der Waals surface area contributed by atoms with Crippen molar-refractivity contribution in [1.29, 1.82) is 0 Å². The zero-order chi connectivity index (χ0) is 102. The molecule has 0 radical (unpaired) electrons. The third kappa shape index (κ3) is 43.0. The number of anilines is 1. The summed E-state index contributed by atoms with van der Waals surface area (Å²) in [4.78, 5) is 169. The van der Waals surface area contributed by atoms with Gasteiger partial charge < -0.3 is 148 Å². The van der Waals surface area contributed by atoms with Crippen molar-refractivity contribution in [3.05, 3.63) is 83.6 Å². The first kappa shape index (κ1) is 120. The summed E-state index contributed by atoms with van der Waals surface area (Å²) in [6.07, 6.45) is -4.82. The zero-order valence-electron chi connectivity index (χ0n) is 82.8. The Labute approximate surface area is 814 Å². The topological polar surface area (TPSA) is 554 Å². The van der Waals surface area contributed by atoms with Gasteiger partial charge in [-0.2, -0.15) is 0 Å². The molecule has 5 rings (SSSR count). The first-order valence-corrected chi connectivity index (χ1v) is 47.6. The van der Waals surface area contributed by atoms with Gasteiger partial charge in [0.15, 0.2) is 6.10 Å². The summed E-state index contributed by atoms with van der Waals surface area (Å²) in [5, 5.41) is 58.7. The number of nitrogens with zero attached hydrogens (tertiary/aromatic N) is 4. The van der Waals surface area contributed by atoms with Gasteiger partial charge in [0, 0.05) is 86.6 Å². The number of nitrogens with one attached hydrogen (secondary N) is 6. The summed E-state index contributed by atoms with van der Waals surface area (Å²) in [7, 11) is 7.49. The largest absolute Gasteiger partial charge is 0.475 e. The van der Waals surface area contributed by atoms with Crippen LogP contribution in [0.2, 0.25) is 0 Å². The normalized spacial score (nSPS) is 17.7. The average molecular weight is 1980 g/mol. The van der Waals surface area contributed by atoms with Gasteiger partial charge in [0.25, 0.3) is 18.1 Å². The summed E-state index contributed by atoms with van der Waals surface area (Å²) >= 11 is 0. The van der Waals surface area contributed by atoms with Crippen molar-refractivity contribution in [3.63, 3.8) is 0 Å². The molecule has 0 spiro atoms. The van der Waals surface area contributed by atoms with Gasteiger partial charge in [-0.1, -0.05) is 91.3 Å². The summed E-state index contributed by atoms with van der Waals surface area (Å²) in [5.74, 6) is -11.1. The van der Waals surface area contributed by atoms with Crippen LogP contribution in [0.1, 0.15) is 130 Å². The van der Waals surface area contributed by atoms with Crippen LogP contribution in [0.25, 0.3) is 0 Å². The van der Waals surface area contributed by atoms with Crippen LogP contribution < -0.4 is 42.4 Å². The number of aliphatic hydroxyl groups is 3. The Balaban J connectivity index is 1.09. The van der Waals surface area contributed by atoms with Crippen molar-refractivity contribution in [2.75, 3.05) is 219 Å². The van der Waals surface area contributed by atoms with Gasteiger partial charge in [-0.05, 0) is 86.1 Å². The van der Waals surface area contributed by atoms with Crippen molar-refractivity contribution in [2.45, 2.75) is 199 Å². The summed E-state index contributed by atoms with van der Waals surface area (Å²) in [6.45, 7) is 22.6. The number of imide groups is 1. The number of hydrogen-bond acceptors (Lipinski definition) is 33. The van der Waals surface area contributed by atoms with E-state index in [0.29, 0.717) is 175 Å². The van der Waals surface area contributed by atoms with Crippen LogP contribution in [-0.2, 0) is 135 Å². The lowest BCUT2D eigenvalue weighted by Gasteiger charge is -2.41. The van der Waals surface area contributed by atoms with Crippen LogP contribution in [0.5, 0.6) is 5.75 Å². The highest BCUT2D eigenvalue weighted by Gasteiger charge is 2.46. The number of carboxylic acid groups (broad SMARTS) is 1. The number of rotatable bonds is 75. The minimum atomic E-state index is -1.88. The van der Waals surface area contributed by atoms with Crippen LogP contribution in [0.3, 0.4) is 0 Å². The predicted molar refractivity (Wildman–Crippen MR) is 503 cm³/mol. The van der Waals surface area contributed by atoms with E-state index in [0.717, 1.165) is 23.1 Å². The number of carbonyl (C=O) groups excluding carboxylic acids is 11. The second kappa shape index (κ2) is 67.8. The molecule has 3 heterocycles. The zero-order valence-corrected chi connectivity index (χ0v) is 82.8. The van der Waals surface area contributed by atoms with Gasteiger partial charge >= 0.3 is 12.1 Å². The smallest absolute Gasteiger partial charge is 0.410 e. The van der Waals surface area contributed by atoms with Crippen molar-refractivity contribution >= 4 is 76.8 Å². The molecule has 0 aromatic heterocycles. The number of methoxy groups -OCH3 is 3. The van der Waals surface area contributed by atoms with Gasteiger partial charge in [-0.25, -0.2) is 9.59 Å². The molecule has 11 amide bonds. The Morgan fingerprint density at radius 3 is 1.63 bits per heavy atom. The predicted octanol–water partition coefficient (Wildman–Crippen LogP) is 1.69. The molecule has 15 atom stereocenters. The molecule has 0 saturated carbocycles. The highest BCUT2D eigenvalue weighted by atomic mass is 16.7. The lowest BCUT2D eigenvalue weighted by atomic mass is 9.89. The van der Waals surface area contributed by atoms with Gasteiger partial charge in [0.1, 0.15) is 42.6 Å². The molecule has 3 aliphatic rings. The molecule has 0 aliphatic carbocycles. The lowest BCUT2D eigenvalue weighted by molar-refractivity contribution is -0.172. The average Bonchev–Trinajstić information content (AvgIpc) is 1.82. The van der Waals surface area contributed by atoms with Crippen LogP contribution in [-0.4, -0.2) is 398 Å². The van der Waals surface area contributed by atoms with Crippen molar-refractivity contribution in [2.24, 2.45) is 29.4 Å². The van der Waals surface area contributed by atoms with Gasteiger partial charge in [-0.15, -0.1) is 0 Å². The highest BCUT2D eigenvalue weighted by Crippen LogP contribution is 2.34. The number of likely N-dealkylation sites (N-methyl/N-ethyl adjacent to an activating group) is 2.